The molecule has 1 aromatic heterocycles. The molecular weight excluding hydrogens is 317 g/mol. The van der Waals surface area contributed by atoms with Crippen LogP contribution in [0.2, 0.25) is 0 Å². The van der Waals surface area contributed by atoms with Crippen LogP contribution in [-0.2, 0) is 11.3 Å². The molecule has 0 aliphatic heterocycles. The standard InChI is InChI=1S/C15H18FN5O3/c1-10-14(18-15(24)17-8-4-7-13(22)23)19-20-21(10)9-11-5-2-3-6-12(11)16/h2-3,5-6H,4,7-9H2,1H3,(H,22,23)(H2,17,18,24). The van der Waals surface area contributed by atoms with Gasteiger partial charge in [0.1, 0.15) is 5.82 Å². The van der Waals surface area contributed by atoms with Crippen LogP contribution in [0.1, 0.15) is 24.1 Å². The minimum atomic E-state index is -0.913. The summed E-state index contributed by atoms with van der Waals surface area (Å²) in [6, 6.07) is 5.86. The Morgan fingerprint density at radius 1 is 1.33 bits per heavy atom. The molecule has 2 rings (SSSR count). The lowest BCUT2D eigenvalue weighted by atomic mass is 10.2. The lowest BCUT2D eigenvalue weighted by Gasteiger charge is -2.07. The second-order valence-electron chi connectivity index (χ2n) is 5.15. The van der Waals surface area contributed by atoms with Crippen molar-refractivity contribution in [3.8, 4) is 0 Å². The average Bonchev–Trinajstić information content (AvgIpc) is 2.87. The highest BCUT2D eigenvalue weighted by Crippen LogP contribution is 2.13. The molecule has 0 aliphatic rings. The van der Waals surface area contributed by atoms with Crippen LogP contribution in [0.3, 0.4) is 0 Å². The van der Waals surface area contributed by atoms with E-state index in [1.165, 1.54) is 10.7 Å². The Morgan fingerprint density at radius 2 is 2.08 bits per heavy atom. The number of nitrogens with zero attached hydrogens (tertiary/aromatic N) is 3. The number of carboxylic acid groups (broad SMARTS) is 1. The number of hydrogen-bond acceptors (Lipinski definition) is 4. The van der Waals surface area contributed by atoms with Gasteiger partial charge in [0, 0.05) is 18.5 Å². The number of benzene rings is 1. The smallest absolute Gasteiger partial charge is 0.320 e. The van der Waals surface area contributed by atoms with Gasteiger partial charge in [0.2, 0.25) is 0 Å². The summed E-state index contributed by atoms with van der Waals surface area (Å²) in [5.74, 6) is -0.982. The molecule has 2 aromatic rings. The van der Waals surface area contributed by atoms with Crippen molar-refractivity contribution in [3.05, 3.63) is 41.3 Å². The molecule has 3 N–H and O–H groups in total. The normalized spacial score (nSPS) is 10.4. The van der Waals surface area contributed by atoms with Crippen LogP contribution in [-0.4, -0.2) is 38.6 Å². The first-order chi connectivity index (χ1) is 11.5. The van der Waals surface area contributed by atoms with E-state index in [0.717, 1.165) is 0 Å². The van der Waals surface area contributed by atoms with Crippen LogP contribution in [0.15, 0.2) is 24.3 Å². The number of hydrogen-bond donors (Lipinski definition) is 3. The Balaban J connectivity index is 1.91. The van der Waals surface area contributed by atoms with E-state index in [-0.39, 0.29) is 31.1 Å². The number of amides is 2. The Labute approximate surface area is 137 Å². The van der Waals surface area contributed by atoms with Crippen molar-refractivity contribution >= 4 is 17.8 Å². The van der Waals surface area contributed by atoms with Crippen molar-refractivity contribution in [1.82, 2.24) is 20.3 Å². The molecule has 24 heavy (non-hydrogen) atoms. The van der Waals surface area contributed by atoms with E-state index in [9.17, 15) is 14.0 Å². The van der Waals surface area contributed by atoms with Gasteiger partial charge in [-0.25, -0.2) is 13.9 Å². The van der Waals surface area contributed by atoms with E-state index in [2.05, 4.69) is 20.9 Å². The second-order valence-corrected chi connectivity index (χ2v) is 5.15. The summed E-state index contributed by atoms with van der Waals surface area (Å²) in [7, 11) is 0. The molecule has 9 heteroatoms. The third-order valence-electron chi connectivity index (χ3n) is 3.35. The van der Waals surface area contributed by atoms with Gasteiger partial charge in [0.25, 0.3) is 0 Å². The molecule has 0 atom stereocenters. The second kappa shape index (κ2) is 8.04. The van der Waals surface area contributed by atoms with Gasteiger partial charge in [-0.3, -0.25) is 10.1 Å². The van der Waals surface area contributed by atoms with Crippen LogP contribution in [0.4, 0.5) is 15.0 Å². The number of carbonyl (C=O) groups excluding carboxylic acids is 1. The summed E-state index contributed by atoms with van der Waals surface area (Å²) in [4.78, 5) is 22.1. The lowest BCUT2D eigenvalue weighted by Crippen LogP contribution is -2.30. The number of aromatic nitrogens is 3. The zero-order chi connectivity index (χ0) is 17.5. The SMILES string of the molecule is Cc1c(NC(=O)NCCCC(=O)O)nnn1Cc1ccccc1F. The van der Waals surface area contributed by atoms with Gasteiger partial charge in [0.05, 0.1) is 12.2 Å². The van der Waals surface area contributed by atoms with Crippen molar-refractivity contribution in [2.75, 3.05) is 11.9 Å². The van der Waals surface area contributed by atoms with Gasteiger partial charge >= 0.3 is 12.0 Å². The van der Waals surface area contributed by atoms with E-state index >= 15 is 0 Å². The predicted octanol–water partition coefficient (Wildman–Crippen LogP) is 1.76. The van der Waals surface area contributed by atoms with E-state index in [4.69, 9.17) is 5.11 Å². The van der Waals surface area contributed by atoms with Gasteiger partial charge < -0.3 is 10.4 Å². The van der Waals surface area contributed by atoms with Crippen molar-refractivity contribution in [2.45, 2.75) is 26.3 Å². The van der Waals surface area contributed by atoms with Crippen LogP contribution in [0.5, 0.6) is 0 Å². The van der Waals surface area contributed by atoms with Gasteiger partial charge in [-0.15, -0.1) is 5.10 Å². The molecule has 0 aliphatic carbocycles. The van der Waals surface area contributed by atoms with Gasteiger partial charge in [-0.05, 0) is 19.4 Å². The molecule has 1 heterocycles. The first-order valence-corrected chi connectivity index (χ1v) is 7.37. The topological polar surface area (TPSA) is 109 Å². The zero-order valence-corrected chi connectivity index (χ0v) is 13.1. The third-order valence-corrected chi connectivity index (χ3v) is 3.35. The van der Waals surface area contributed by atoms with Gasteiger partial charge in [-0.2, -0.15) is 0 Å². The average molecular weight is 335 g/mol. The molecule has 128 valence electrons. The molecule has 0 saturated heterocycles. The fraction of sp³-hybridized carbons (Fsp3) is 0.333. The van der Waals surface area contributed by atoms with Crippen LogP contribution in [0, 0.1) is 12.7 Å². The Bertz CT molecular complexity index is 732. The van der Waals surface area contributed by atoms with Crippen LogP contribution < -0.4 is 10.6 Å². The van der Waals surface area contributed by atoms with Crippen molar-refractivity contribution in [2.24, 2.45) is 0 Å². The molecule has 0 unspecified atom stereocenters. The maximum Gasteiger partial charge on any atom is 0.320 e. The first-order valence-electron chi connectivity index (χ1n) is 7.37. The molecular formula is C15H18FN5O3. The summed E-state index contributed by atoms with van der Waals surface area (Å²) in [6.07, 6.45) is 0.319. The number of carboxylic acids is 1. The summed E-state index contributed by atoms with van der Waals surface area (Å²) >= 11 is 0. The fourth-order valence-electron chi connectivity index (χ4n) is 2.01. The monoisotopic (exact) mass is 335 g/mol. The number of aliphatic carboxylic acids is 1. The van der Waals surface area contributed by atoms with Crippen LogP contribution >= 0.6 is 0 Å². The summed E-state index contributed by atoms with van der Waals surface area (Å²) < 4.78 is 15.2. The molecule has 0 saturated carbocycles. The molecule has 8 nitrogen and oxygen atoms in total. The van der Waals surface area contributed by atoms with Gasteiger partial charge in [-0.1, -0.05) is 23.4 Å². The minimum absolute atomic E-state index is 0.0157. The molecule has 0 bridgehead atoms. The first kappa shape index (κ1) is 17.4. The number of rotatable bonds is 7. The van der Waals surface area contributed by atoms with Crippen LogP contribution in [0.25, 0.3) is 0 Å². The summed E-state index contributed by atoms with van der Waals surface area (Å²) in [5.41, 5.74) is 1.05. The summed E-state index contributed by atoms with van der Waals surface area (Å²) in [6.45, 7) is 2.15. The molecule has 2 amide bonds. The van der Waals surface area contributed by atoms with E-state index in [0.29, 0.717) is 17.7 Å². The van der Waals surface area contributed by atoms with Gasteiger partial charge in [0.15, 0.2) is 5.82 Å². The highest BCUT2D eigenvalue weighted by Gasteiger charge is 2.13. The number of nitrogens with one attached hydrogen (secondary N) is 2. The molecule has 0 radical (unpaired) electrons. The van der Waals surface area contributed by atoms with Crippen molar-refractivity contribution in [3.63, 3.8) is 0 Å². The number of anilines is 1. The Morgan fingerprint density at radius 3 is 2.79 bits per heavy atom. The molecule has 0 fully saturated rings. The largest absolute Gasteiger partial charge is 0.481 e. The summed E-state index contributed by atoms with van der Waals surface area (Å²) in [5, 5.41) is 21.3. The predicted molar refractivity (Wildman–Crippen MR) is 84.2 cm³/mol. The zero-order valence-electron chi connectivity index (χ0n) is 13.1. The Kier molecular flexibility index (Phi) is 5.83. The molecule has 0 spiro atoms. The number of halogens is 1. The third kappa shape index (κ3) is 4.77. The highest BCUT2D eigenvalue weighted by atomic mass is 19.1. The lowest BCUT2D eigenvalue weighted by molar-refractivity contribution is -0.137. The van der Waals surface area contributed by atoms with Crippen molar-refractivity contribution < 1.29 is 19.1 Å². The number of urea groups is 1. The van der Waals surface area contributed by atoms with E-state index in [1.54, 1.807) is 25.1 Å². The maximum atomic E-state index is 13.7. The molecule has 1 aromatic carbocycles. The van der Waals surface area contributed by atoms with E-state index in [1.807, 2.05) is 0 Å². The fourth-order valence-corrected chi connectivity index (χ4v) is 2.01. The minimum Gasteiger partial charge on any atom is -0.481 e. The number of carbonyl (C=O) groups is 2. The maximum absolute atomic E-state index is 13.7. The Hall–Kier alpha value is -2.97. The highest BCUT2D eigenvalue weighted by molar-refractivity contribution is 5.88. The van der Waals surface area contributed by atoms with E-state index < -0.39 is 12.0 Å². The quantitative estimate of drug-likeness (QED) is 0.668. The van der Waals surface area contributed by atoms with Crippen molar-refractivity contribution in [1.29, 1.82) is 0 Å².